The Kier molecular flexibility index (Phi) is 4.06. The van der Waals surface area contributed by atoms with Gasteiger partial charge in [-0.25, -0.2) is 4.39 Å². The highest BCUT2D eigenvalue weighted by Gasteiger charge is 2.35. The van der Waals surface area contributed by atoms with Gasteiger partial charge in [0.25, 0.3) is 5.89 Å². The lowest BCUT2D eigenvalue weighted by Gasteiger charge is -2.12. The van der Waals surface area contributed by atoms with Crippen molar-refractivity contribution in [2.24, 2.45) is 0 Å². The molecule has 0 fully saturated rings. The van der Waals surface area contributed by atoms with Gasteiger partial charge >= 0.3 is 6.18 Å². The van der Waals surface area contributed by atoms with Gasteiger partial charge < -0.3 is 10.3 Å². The summed E-state index contributed by atoms with van der Waals surface area (Å²) in [4.78, 5) is 4.01. The third-order valence-corrected chi connectivity index (χ3v) is 3.89. The summed E-state index contributed by atoms with van der Waals surface area (Å²) < 4.78 is 59.5. The maximum absolute atomic E-state index is 13.9. The Morgan fingerprint density at radius 3 is 2.46 bits per heavy atom. The van der Waals surface area contributed by atoms with E-state index in [9.17, 15) is 17.6 Å². The van der Waals surface area contributed by atoms with Crippen LogP contribution in [0.4, 0.5) is 23.4 Å². The first-order valence-electron chi connectivity index (χ1n) is 7.83. The van der Waals surface area contributed by atoms with E-state index in [1.54, 1.807) is 6.07 Å². The van der Waals surface area contributed by atoms with E-state index in [1.807, 2.05) is 0 Å². The number of halogens is 4. The van der Waals surface area contributed by atoms with Crippen molar-refractivity contribution in [2.75, 3.05) is 5.73 Å². The van der Waals surface area contributed by atoms with Crippen molar-refractivity contribution in [1.82, 2.24) is 25.1 Å². The normalized spacial score (nSPS) is 11.7. The number of para-hydroxylation sites is 1. The molecule has 0 atom stereocenters. The van der Waals surface area contributed by atoms with Gasteiger partial charge in [0.05, 0.1) is 16.8 Å². The maximum Gasteiger partial charge on any atom is 0.418 e. The molecule has 0 aliphatic carbocycles. The van der Waals surface area contributed by atoms with Gasteiger partial charge in [-0.05, 0) is 24.3 Å². The molecule has 4 aromatic rings. The Bertz CT molecular complexity index is 1150. The first-order chi connectivity index (χ1) is 13.4. The minimum atomic E-state index is -4.61. The van der Waals surface area contributed by atoms with Crippen molar-refractivity contribution < 1.29 is 22.1 Å². The molecule has 0 aliphatic rings. The fourth-order valence-electron chi connectivity index (χ4n) is 2.59. The molecular formula is C17H10F4N6O. The molecule has 7 nitrogen and oxygen atoms in total. The first-order valence-corrected chi connectivity index (χ1v) is 7.83. The zero-order valence-electron chi connectivity index (χ0n) is 13.9. The second-order valence-electron chi connectivity index (χ2n) is 5.65. The summed E-state index contributed by atoms with van der Waals surface area (Å²) >= 11 is 0. The number of hydrogen-bond donors (Lipinski definition) is 1. The fourth-order valence-corrected chi connectivity index (χ4v) is 2.59. The SMILES string of the molecule is Nc1c(-c2nc(-c3ccccc3F)no2)nnn1-c1ccccc1C(F)(F)F. The molecule has 142 valence electrons. The number of aromatic nitrogens is 5. The zero-order chi connectivity index (χ0) is 19.9. The standard InChI is InChI=1S/C17H10F4N6O/c18-11-7-3-1-5-9(11)15-23-16(28-25-15)13-14(22)27(26-24-13)12-8-4-2-6-10(12)17(19,20)21/h1-8H,22H2. The molecule has 2 heterocycles. The number of nitrogen functional groups attached to an aromatic ring is 1. The lowest BCUT2D eigenvalue weighted by Crippen LogP contribution is -2.12. The Balaban J connectivity index is 1.77. The number of alkyl halides is 3. The zero-order valence-corrected chi connectivity index (χ0v) is 13.9. The molecule has 2 aromatic heterocycles. The van der Waals surface area contributed by atoms with E-state index in [0.29, 0.717) is 0 Å². The summed E-state index contributed by atoms with van der Waals surface area (Å²) in [5.41, 5.74) is 4.66. The predicted octanol–water partition coefficient (Wildman–Crippen LogP) is 3.72. The lowest BCUT2D eigenvalue weighted by atomic mass is 10.1. The highest BCUT2D eigenvalue weighted by molar-refractivity contribution is 5.67. The van der Waals surface area contributed by atoms with Gasteiger partial charge in [-0.2, -0.15) is 22.8 Å². The van der Waals surface area contributed by atoms with Gasteiger partial charge in [-0.1, -0.05) is 34.6 Å². The Hall–Kier alpha value is -3.76. The first kappa shape index (κ1) is 17.6. The Morgan fingerprint density at radius 2 is 1.71 bits per heavy atom. The minimum absolute atomic E-state index is 0.0576. The minimum Gasteiger partial charge on any atom is -0.382 e. The Morgan fingerprint density at radius 1 is 1.00 bits per heavy atom. The molecule has 0 aliphatic heterocycles. The van der Waals surface area contributed by atoms with Crippen LogP contribution in [0.15, 0.2) is 53.1 Å². The van der Waals surface area contributed by atoms with E-state index in [2.05, 4.69) is 20.5 Å². The van der Waals surface area contributed by atoms with Crippen molar-refractivity contribution in [3.8, 4) is 28.7 Å². The monoisotopic (exact) mass is 390 g/mol. The second kappa shape index (κ2) is 6.44. The van der Waals surface area contributed by atoms with Crippen LogP contribution >= 0.6 is 0 Å². The van der Waals surface area contributed by atoms with Crippen LogP contribution in [0.1, 0.15) is 5.56 Å². The van der Waals surface area contributed by atoms with Crippen LogP contribution in [0.25, 0.3) is 28.7 Å². The van der Waals surface area contributed by atoms with Gasteiger partial charge in [-0.15, -0.1) is 5.10 Å². The summed E-state index contributed by atoms with van der Waals surface area (Å²) in [6.45, 7) is 0. The summed E-state index contributed by atoms with van der Waals surface area (Å²) in [5.74, 6) is -1.06. The smallest absolute Gasteiger partial charge is 0.382 e. The van der Waals surface area contributed by atoms with Crippen LogP contribution in [0.5, 0.6) is 0 Å². The van der Waals surface area contributed by atoms with E-state index in [1.165, 1.54) is 36.4 Å². The maximum atomic E-state index is 13.9. The average molecular weight is 390 g/mol. The molecular weight excluding hydrogens is 380 g/mol. The van der Waals surface area contributed by atoms with Crippen LogP contribution < -0.4 is 5.73 Å². The van der Waals surface area contributed by atoms with Crippen molar-refractivity contribution >= 4 is 5.82 Å². The van der Waals surface area contributed by atoms with Crippen LogP contribution in [-0.2, 0) is 6.18 Å². The molecule has 4 rings (SSSR count). The number of nitrogens with zero attached hydrogens (tertiary/aromatic N) is 5. The molecule has 0 spiro atoms. The highest BCUT2D eigenvalue weighted by Crippen LogP contribution is 2.35. The average Bonchev–Trinajstić information content (AvgIpc) is 3.28. The van der Waals surface area contributed by atoms with Crippen LogP contribution in [0.3, 0.4) is 0 Å². The van der Waals surface area contributed by atoms with Gasteiger partial charge in [0, 0.05) is 0 Å². The quantitative estimate of drug-likeness (QED) is 0.536. The molecule has 2 aromatic carbocycles. The van der Waals surface area contributed by atoms with Crippen molar-refractivity contribution in [2.45, 2.75) is 6.18 Å². The van der Waals surface area contributed by atoms with Crippen molar-refractivity contribution in [3.63, 3.8) is 0 Å². The van der Waals surface area contributed by atoms with E-state index in [-0.39, 0.29) is 34.5 Å². The molecule has 11 heteroatoms. The van der Waals surface area contributed by atoms with Gasteiger partial charge in [0.2, 0.25) is 5.82 Å². The number of hydrogen-bond acceptors (Lipinski definition) is 6. The van der Waals surface area contributed by atoms with E-state index >= 15 is 0 Å². The topological polar surface area (TPSA) is 95.7 Å². The fraction of sp³-hybridized carbons (Fsp3) is 0.0588. The largest absolute Gasteiger partial charge is 0.418 e. The highest BCUT2D eigenvalue weighted by atomic mass is 19.4. The summed E-state index contributed by atoms with van der Waals surface area (Å²) in [7, 11) is 0. The molecule has 0 saturated heterocycles. The number of nitrogens with two attached hydrogens (primary N) is 1. The predicted molar refractivity (Wildman–Crippen MR) is 89.5 cm³/mol. The molecule has 0 saturated carbocycles. The van der Waals surface area contributed by atoms with E-state index in [4.69, 9.17) is 10.3 Å². The number of rotatable bonds is 3. The van der Waals surface area contributed by atoms with Gasteiger partial charge in [0.1, 0.15) is 5.82 Å². The summed E-state index contributed by atoms with van der Waals surface area (Å²) in [5, 5.41) is 11.1. The third kappa shape index (κ3) is 2.96. The van der Waals surface area contributed by atoms with Crippen molar-refractivity contribution in [1.29, 1.82) is 0 Å². The van der Waals surface area contributed by atoms with E-state index in [0.717, 1.165) is 10.7 Å². The van der Waals surface area contributed by atoms with Crippen LogP contribution in [-0.4, -0.2) is 25.1 Å². The van der Waals surface area contributed by atoms with Gasteiger partial charge in [0.15, 0.2) is 11.5 Å². The molecule has 0 radical (unpaired) electrons. The lowest BCUT2D eigenvalue weighted by molar-refractivity contribution is -0.137. The molecule has 0 amide bonds. The van der Waals surface area contributed by atoms with Crippen LogP contribution in [0.2, 0.25) is 0 Å². The molecule has 28 heavy (non-hydrogen) atoms. The summed E-state index contributed by atoms with van der Waals surface area (Å²) in [6, 6.07) is 10.5. The van der Waals surface area contributed by atoms with E-state index < -0.39 is 17.6 Å². The third-order valence-electron chi connectivity index (χ3n) is 3.89. The van der Waals surface area contributed by atoms with Gasteiger partial charge in [-0.3, -0.25) is 0 Å². The molecule has 2 N–H and O–H groups in total. The molecule has 0 bridgehead atoms. The molecule has 0 unspecified atom stereocenters. The van der Waals surface area contributed by atoms with Crippen LogP contribution in [0, 0.1) is 5.82 Å². The number of anilines is 1. The summed E-state index contributed by atoms with van der Waals surface area (Å²) in [6.07, 6.45) is -4.61. The second-order valence-corrected chi connectivity index (χ2v) is 5.65. The Labute approximate surface area is 154 Å². The van der Waals surface area contributed by atoms with Crippen molar-refractivity contribution in [3.05, 3.63) is 59.9 Å². The number of benzene rings is 2.